The van der Waals surface area contributed by atoms with E-state index in [4.69, 9.17) is 9.47 Å². The molecular formula is C28H42O3. The fourth-order valence-corrected chi connectivity index (χ4v) is 3.68. The van der Waals surface area contributed by atoms with E-state index in [0.717, 1.165) is 60.5 Å². The molecule has 0 aliphatic heterocycles. The first-order chi connectivity index (χ1) is 14.5. The minimum Gasteiger partial charge on any atom is -0.507 e. The van der Waals surface area contributed by atoms with Crippen LogP contribution in [-0.4, -0.2) is 18.3 Å². The molecule has 0 unspecified atom stereocenters. The predicted molar refractivity (Wildman–Crippen MR) is 132 cm³/mol. The maximum Gasteiger partial charge on any atom is 0.127 e. The zero-order chi connectivity index (χ0) is 23.2. The summed E-state index contributed by atoms with van der Waals surface area (Å²) < 4.78 is 11.9. The molecule has 2 rings (SSSR count). The Kier molecular flexibility index (Phi) is 8.45. The maximum atomic E-state index is 11.2. The number of rotatable bonds is 9. The first-order valence-corrected chi connectivity index (χ1v) is 11.8. The molecule has 0 atom stereocenters. The smallest absolute Gasteiger partial charge is 0.127 e. The van der Waals surface area contributed by atoms with Gasteiger partial charge in [-0.25, -0.2) is 0 Å². The number of hydrogen-bond donors (Lipinski definition) is 1. The highest BCUT2D eigenvalue weighted by Gasteiger charge is 2.27. The molecule has 0 saturated carbocycles. The zero-order valence-corrected chi connectivity index (χ0v) is 20.9. The van der Waals surface area contributed by atoms with E-state index >= 15 is 0 Å². The van der Waals surface area contributed by atoms with Gasteiger partial charge in [-0.3, -0.25) is 0 Å². The lowest BCUT2D eigenvalue weighted by molar-refractivity contribution is 0.306. The van der Waals surface area contributed by atoms with Crippen molar-refractivity contribution in [2.45, 2.75) is 91.9 Å². The predicted octanol–water partition coefficient (Wildman–Crippen LogP) is 8.01. The molecule has 1 N–H and O–H groups in total. The van der Waals surface area contributed by atoms with Gasteiger partial charge >= 0.3 is 0 Å². The molecule has 31 heavy (non-hydrogen) atoms. The van der Waals surface area contributed by atoms with E-state index in [1.165, 1.54) is 5.56 Å². The Morgan fingerprint density at radius 3 is 1.74 bits per heavy atom. The van der Waals surface area contributed by atoms with Gasteiger partial charge in [-0.1, -0.05) is 74.3 Å². The minimum absolute atomic E-state index is 0.0998. The molecule has 172 valence electrons. The Bertz CT molecular complexity index is 854. The Balaban J connectivity index is 2.62. The van der Waals surface area contributed by atoms with E-state index in [-0.39, 0.29) is 16.6 Å². The second kappa shape index (κ2) is 10.4. The van der Waals surface area contributed by atoms with Crippen LogP contribution in [0.15, 0.2) is 30.3 Å². The summed E-state index contributed by atoms with van der Waals surface area (Å²) in [5.74, 6) is 1.89. The van der Waals surface area contributed by atoms with Gasteiger partial charge in [0.25, 0.3) is 0 Å². The highest BCUT2D eigenvalue weighted by atomic mass is 16.5. The summed E-state index contributed by atoms with van der Waals surface area (Å²) in [7, 11) is 0. The van der Waals surface area contributed by atoms with Gasteiger partial charge < -0.3 is 14.6 Å². The summed E-state index contributed by atoms with van der Waals surface area (Å²) in [5.41, 5.74) is 3.95. The first-order valence-electron chi connectivity index (χ1n) is 11.8. The van der Waals surface area contributed by atoms with Crippen LogP contribution in [0.4, 0.5) is 0 Å². The van der Waals surface area contributed by atoms with E-state index in [2.05, 4.69) is 73.6 Å². The third-order valence-corrected chi connectivity index (χ3v) is 5.50. The lowest BCUT2D eigenvalue weighted by Crippen LogP contribution is -2.17. The third kappa shape index (κ3) is 6.66. The Hall–Kier alpha value is -2.16. The highest BCUT2D eigenvalue weighted by molar-refractivity contribution is 5.80. The number of unbranched alkanes of at least 4 members (excludes halogenated alkanes) is 2. The van der Waals surface area contributed by atoms with Crippen molar-refractivity contribution in [1.29, 1.82) is 0 Å². The summed E-state index contributed by atoms with van der Waals surface area (Å²) in [6.45, 7) is 18.9. The molecule has 3 nitrogen and oxygen atoms in total. The van der Waals surface area contributed by atoms with Crippen molar-refractivity contribution in [2.24, 2.45) is 0 Å². The van der Waals surface area contributed by atoms with Crippen molar-refractivity contribution in [3.63, 3.8) is 0 Å². The van der Waals surface area contributed by atoms with Crippen LogP contribution in [0.2, 0.25) is 0 Å². The van der Waals surface area contributed by atoms with Gasteiger partial charge in [-0.05, 0) is 58.6 Å². The molecule has 0 aliphatic carbocycles. The lowest BCUT2D eigenvalue weighted by atomic mass is 9.76. The largest absolute Gasteiger partial charge is 0.507 e. The lowest BCUT2D eigenvalue weighted by Gasteiger charge is -2.29. The van der Waals surface area contributed by atoms with Crippen molar-refractivity contribution >= 4 is 0 Å². The standard InChI is InChI=1S/C28H42O3/c1-9-11-15-30-20-13-14-22(23(17-20)27(3,4)5)26-24(28(6,7)8)18-21(19-25(26)29)31-16-12-10-2/h13-14,17-19,29H,9-12,15-16H2,1-8H3. The Labute approximate surface area is 189 Å². The van der Waals surface area contributed by atoms with E-state index in [9.17, 15) is 5.11 Å². The molecule has 0 aromatic heterocycles. The topological polar surface area (TPSA) is 38.7 Å². The van der Waals surface area contributed by atoms with Gasteiger partial charge in [-0.15, -0.1) is 0 Å². The van der Waals surface area contributed by atoms with Gasteiger partial charge in [0.2, 0.25) is 0 Å². The minimum atomic E-state index is -0.150. The molecule has 0 radical (unpaired) electrons. The number of aromatic hydroxyl groups is 1. The van der Waals surface area contributed by atoms with Crippen molar-refractivity contribution in [1.82, 2.24) is 0 Å². The van der Waals surface area contributed by atoms with E-state index in [1.54, 1.807) is 6.07 Å². The van der Waals surface area contributed by atoms with Crippen LogP contribution in [-0.2, 0) is 10.8 Å². The van der Waals surface area contributed by atoms with Crippen LogP contribution in [0.5, 0.6) is 17.2 Å². The zero-order valence-electron chi connectivity index (χ0n) is 20.9. The monoisotopic (exact) mass is 426 g/mol. The summed E-state index contributed by atoms with van der Waals surface area (Å²) in [4.78, 5) is 0. The number of hydrogen-bond acceptors (Lipinski definition) is 3. The molecule has 2 aromatic rings. The van der Waals surface area contributed by atoms with Crippen molar-refractivity contribution in [3.8, 4) is 28.4 Å². The number of phenolic OH excluding ortho intramolecular Hbond substituents is 1. The van der Waals surface area contributed by atoms with Crippen molar-refractivity contribution < 1.29 is 14.6 Å². The molecule has 0 bridgehead atoms. The molecule has 3 heteroatoms. The fourth-order valence-electron chi connectivity index (χ4n) is 3.68. The van der Waals surface area contributed by atoms with Crippen molar-refractivity contribution in [2.75, 3.05) is 13.2 Å². The summed E-state index contributed by atoms with van der Waals surface area (Å²) in [5, 5.41) is 11.2. The number of ether oxygens (including phenoxy) is 2. The molecule has 0 saturated heterocycles. The Morgan fingerprint density at radius 2 is 1.23 bits per heavy atom. The van der Waals surface area contributed by atoms with Gasteiger partial charge in [0, 0.05) is 11.6 Å². The average molecular weight is 427 g/mol. The molecule has 0 heterocycles. The maximum absolute atomic E-state index is 11.2. The van der Waals surface area contributed by atoms with Crippen LogP contribution >= 0.6 is 0 Å². The van der Waals surface area contributed by atoms with E-state index in [0.29, 0.717) is 6.61 Å². The normalized spacial score (nSPS) is 12.1. The van der Waals surface area contributed by atoms with Gasteiger partial charge in [0.1, 0.15) is 17.2 Å². The molecule has 0 spiro atoms. The van der Waals surface area contributed by atoms with E-state index < -0.39 is 0 Å². The average Bonchev–Trinajstić information content (AvgIpc) is 2.67. The summed E-state index contributed by atoms with van der Waals surface area (Å²) >= 11 is 0. The van der Waals surface area contributed by atoms with Crippen LogP contribution in [0, 0.1) is 0 Å². The van der Waals surface area contributed by atoms with E-state index in [1.807, 2.05) is 6.07 Å². The van der Waals surface area contributed by atoms with Gasteiger partial charge in [0.15, 0.2) is 0 Å². The van der Waals surface area contributed by atoms with Gasteiger partial charge in [0.05, 0.1) is 13.2 Å². The van der Waals surface area contributed by atoms with Crippen LogP contribution in [0.3, 0.4) is 0 Å². The second-order valence-electron chi connectivity index (χ2n) is 10.5. The summed E-state index contributed by atoms with van der Waals surface area (Å²) in [6.07, 6.45) is 4.24. The van der Waals surface area contributed by atoms with Crippen molar-refractivity contribution in [3.05, 3.63) is 41.5 Å². The molecule has 0 amide bonds. The number of benzene rings is 2. The SMILES string of the molecule is CCCCOc1ccc(-c2c(O)cc(OCCCC)cc2C(C)(C)C)c(C(C)(C)C)c1. The van der Waals surface area contributed by atoms with Gasteiger partial charge in [-0.2, -0.15) is 0 Å². The third-order valence-electron chi connectivity index (χ3n) is 5.50. The summed E-state index contributed by atoms with van der Waals surface area (Å²) in [6, 6.07) is 10.1. The first kappa shape index (κ1) is 25.1. The van der Waals surface area contributed by atoms with Crippen LogP contribution < -0.4 is 9.47 Å². The molecule has 2 aromatic carbocycles. The molecule has 0 aliphatic rings. The quantitative estimate of drug-likeness (QED) is 0.413. The second-order valence-corrected chi connectivity index (χ2v) is 10.5. The fraction of sp³-hybridized carbons (Fsp3) is 0.571. The molecular weight excluding hydrogens is 384 g/mol. The number of phenols is 1. The molecule has 0 fully saturated rings. The Morgan fingerprint density at radius 1 is 0.710 bits per heavy atom. The van der Waals surface area contributed by atoms with Crippen LogP contribution in [0.1, 0.15) is 92.2 Å². The highest BCUT2D eigenvalue weighted by Crippen LogP contribution is 2.46. The van der Waals surface area contributed by atoms with Crippen LogP contribution in [0.25, 0.3) is 11.1 Å².